The third-order valence-corrected chi connectivity index (χ3v) is 3.54. The Morgan fingerprint density at radius 3 is 2.50 bits per heavy atom. The molecule has 9 heteroatoms. The zero-order valence-electron chi connectivity index (χ0n) is 13.3. The van der Waals surface area contributed by atoms with Gasteiger partial charge in [-0.15, -0.1) is 0 Å². The minimum absolute atomic E-state index is 0.0197. The van der Waals surface area contributed by atoms with Crippen molar-refractivity contribution in [3.8, 4) is 0 Å². The molecule has 0 radical (unpaired) electrons. The number of nitrogens with zero attached hydrogens (tertiary/aromatic N) is 1. The average Bonchev–Trinajstić information content (AvgIpc) is 2.57. The maximum Gasteiger partial charge on any atom is 0.349 e. The van der Waals surface area contributed by atoms with Crippen LogP contribution in [0.25, 0.3) is 0 Å². The molecule has 0 saturated carbocycles. The second-order valence-corrected chi connectivity index (χ2v) is 4.84. The molecule has 0 aromatic heterocycles. The zero-order valence-corrected chi connectivity index (χ0v) is 13.3. The van der Waals surface area contributed by atoms with Gasteiger partial charge in [0, 0.05) is 18.1 Å². The van der Waals surface area contributed by atoms with Crippen LogP contribution in [0.3, 0.4) is 0 Å². The van der Waals surface area contributed by atoms with Crippen molar-refractivity contribution in [2.24, 2.45) is 5.41 Å². The number of rotatable bonds is 9. The Morgan fingerprint density at radius 1 is 1.29 bits per heavy atom. The Kier molecular flexibility index (Phi) is 6.84. The van der Waals surface area contributed by atoms with Crippen molar-refractivity contribution in [2.75, 3.05) is 6.61 Å². The van der Waals surface area contributed by atoms with Crippen LogP contribution < -0.4 is 5.48 Å². The minimum Gasteiger partial charge on any atom is -0.465 e. The number of hydroxylamine groups is 1. The molecule has 130 valence electrons. The molecule has 0 aliphatic heterocycles. The van der Waals surface area contributed by atoms with Crippen LogP contribution in [-0.2, 0) is 30.4 Å². The number of nitro groups is 1. The topological polar surface area (TPSA) is 125 Å². The molecule has 0 aliphatic carbocycles. The van der Waals surface area contributed by atoms with E-state index in [1.165, 1.54) is 18.2 Å². The first-order valence-electron chi connectivity index (χ1n) is 7.22. The van der Waals surface area contributed by atoms with E-state index < -0.39 is 22.3 Å². The van der Waals surface area contributed by atoms with Gasteiger partial charge >= 0.3 is 11.9 Å². The number of ether oxygens (including phenoxy) is 1. The molecular weight excluding hydrogens is 320 g/mol. The van der Waals surface area contributed by atoms with Gasteiger partial charge in [-0.1, -0.05) is 25.1 Å². The van der Waals surface area contributed by atoms with E-state index in [-0.39, 0.29) is 37.1 Å². The third-order valence-electron chi connectivity index (χ3n) is 3.54. The molecule has 0 spiro atoms. The third kappa shape index (κ3) is 4.06. The molecule has 1 N–H and O–H groups in total. The molecule has 1 rings (SSSR count). The maximum absolute atomic E-state index is 12.4. The Bertz CT molecular complexity index is 632. The highest BCUT2D eigenvalue weighted by Crippen LogP contribution is 2.33. The molecule has 1 aromatic carbocycles. The number of carbonyl (C=O) groups is 3. The molecule has 24 heavy (non-hydrogen) atoms. The van der Waals surface area contributed by atoms with E-state index in [1.807, 2.05) is 0 Å². The highest BCUT2D eigenvalue weighted by Gasteiger charge is 2.49. The Balaban J connectivity index is 3.32. The van der Waals surface area contributed by atoms with Crippen molar-refractivity contribution in [3.05, 3.63) is 39.9 Å². The molecule has 0 heterocycles. The lowest BCUT2D eigenvalue weighted by Gasteiger charge is -2.27. The summed E-state index contributed by atoms with van der Waals surface area (Å²) in [5.41, 5.74) is -0.117. The second kappa shape index (κ2) is 8.61. The fourth-order valence-corrected chi connectivity index (χ4v) is 2.25. The summed E-state index contributed by atoms with van der Waals surface area (Å²) in [7, 11) is 0. The van der Waals surface area contributed by atoms with Crippen molar-refractivity contribution in [1.29, 1.82) is 0 Å². The van der Waals surface area contributed by atoms with E-state index in [1.54, 1.807) is 25.4 Å². The number of nitrogens with one attached hydrogen (secondary N) is 1. The highest BCUT2D eigenvalue weighted by atomic mass is 16.7. The average molecular weight is 338 g/mol. The molecule has 1 unspecified atom stereocenters. The van der Waals surface area contributed by atoms with Crippen molar-refractivity contribution >= 4 is 24.0 Å². The fourth-order valence-electron chi connectivity index (χ4n) is 2.25. The molecule has 0 bridgehead atoms. The summed E-state index contributed by atoms with van der Waals surface area (Å²) < 4.78 is 4.95. The van der Waals surface area contributed by atoms with E-state index >= 15 is 0 Å². The highest BCUT2D eigenvalue weighted by molar-refractivity contribution is 6.00. The van der Waals surface area contributed by atoms with Gasteiger partial charge in [-0.25, -0.2) is 4.79 Å². The molecular formula is C15H18N2O7. The van der Waals surface area contributed by atoms with Crippen LogP contribution >= 0.6 is 0 Å². The first-order chi connectivity index (χ1) is 11.4. The Labute approximate surface area is 138 Å². The van der Waals surface area contributed by atoms with Crippen LogP contribution in [0.15, 0.2) is 24.3 Å². The summed E-state index contributed by atoms with van der Waals surface area (Å²) in [6, 6.07) is 5.76. The van der Waals surface area contributed by atoms with Crippen LogP contribution in [0.4, 0.5) is 5.69 Å². The first-order valence-corrected chi connectivity index (χ1v) is 7.22. The van der Waals surface area contributed by atoms with Crippen molar-refractivity contribution < 1.29 is 28.9 Å². The monoisotopic (exact) mass is 338 g/mol. The van der Waals surface area contributed by atoms with Gasteiger partial charge in [0.05, 0.1) is 11.5 Å². The Morgan fingerprint density at radius 2 is 1.96 bits per heavy atom. The number of benzene rings is 1. The van der Waals surface area contributed by atoms with E-state index in [0.717, 1.165) is 0 Å². The van der Waals surface area contributed by atoms with Gasteiger partial charge in [0.25, 0.3) is 5.69 Å². The maximum atomic E-state index is 12.4. The van der Waals surface area contributed by atoms with E-state index in [9.17, 15) is 24.5 Å². The first kappa shape index (κ1) is 19.1. The molecule has 0 fully saturated rings. The van der Waals surface area contributed by atoms with Crippen LogP contribution in [0.1, 0.15) is 25.8 Å². The summed E-state index contributed by atoms with van der Waals surface area (Å²) >= 11 is 0. The minimum atomic E-state index is -1.81. The lowest BCUT2D eigenvalue weighted by Crippen LogP contribution is -2.45. The largest absolute Gasteiger partial charge is 0.465 e. The van der Waals surface area contributed by atoms with Gasteiger partial charge in [0.15, 0.2) is 5.41 Å². The number of esters is 1. The molecule has 1 atom stereocenters. The molecule has 0 saturated heterocycles. The normalized spacial score (nSPS) is 12.6. The van der Waals surface area contributed by atoms with Crippen molar-refractivity contribution in [1.82, 2.24) is 5.48 Å². The number of hydrogen-bond acceptors (Lipinski definition) is 7. The predicted molar refractivity (Wildman–Crippen MR) is 81.4 cm³/mol. The van der Waals surface area contributed by atoms with E-state index in [4.69, 9.17) is 4.74 Å². The molecule has 9 nitrogen and oxygen atoms in total. The summed E-state index contributed by atoms with van der Waals surface area (Å²) in [4.78, 5) is 50.2. The number of para-hydroxylation sites is 1. The molecule has 1 aromatic rings. The number of amides is 1. The van der Waals surface area contributed by atoms with Gasteiger partial charge in [-0.3, -0.25) is 19.7 Å². The van der Waals surface area contributed by atoms with Gasteiger partial charge in [0.1, 0.15) is 0 Å². The standard InChI is InChI=1S/C15H18N2O7/c1-3-15(13(19)23-4-2,14(20)24-16-10-18)9-11-7-5-6-8-12(11)17(21)22/h5-8,10H,3-4,9H2,1-2H3,(H,16,18). The SMILES string of the molecule is CCOC(=O)C(CC)(Cc1ccccc1[N+](=O)[O-])C(=O)ONC=O. The van der Waals surface area contributed by atoms with Crippen molar-refractivity contribution in [3.63, 3.8) is 0 Å². The summed E-state index contributed by atoms with van der Waals surface area (Å²) in [5.74, 6) is -1.92. The van der Waals surface area contributed by atoms with Crippen LogP contribution in [0.5, 0.6) is 0 Å². The summed E-state index contributed by atoms with van der Waals surface area (Å²) in [6.07, 6.45) is -0.190. The van der Waals surface area contributed by atoms with Gasteiger partial charge in [0.2, 0.25) is 6.41 Å². The number of hydrogen-bond donors (Lipinski definition) is 1. The fraction of sp³-hybridized carbons (Fsp3) is 0.400. The van der Waals surface area contributed by atoms with Crippen molar-refractivity contribution in [2.45, 2.75) is 26.7 Å². The smallest absolute Gasteiger partial charge is 0.349 e. The van der Waals surface area contributed by atoms with Gasteiger partial charge in [-0.05, 0) is 13.3 Å². The quantitative estimate of drug-likeness (QED) is 0.236. The van der Waals surface area contributed by atoms with E-state index in [0.29, 0.717) is 0 Å². The number of carbonyl (C=O) groups excluding carboxylic acids is 3. The molecule has 0 aliphatic rings. The summed E-state index contributed by atoms with van der Waals surface area (Å²) in [6.45, 7) is 3.14. The summed E-state index contributed by atoms with van der Waals surface area (Å²) in [5, 5.41) is 11.1. The molecule has 1 amide bonds. The van der Waals surface area contributed by atoms with Gasteiger partial charge in [-0.2, -0.15) is 5.48 Å². The number of nitro benzene ring substituents is 1. The lowest BCUT2D eigenvalue weighted by atomic mass is 9.78. The zero-order chi connectivity index (χ0) is 18.2. The van der Waals surface area contributed by atoms with Gasteiger partial charge < -0.3 is 9.57 Å². The predicted octanol–water partition coefficient (Wildman–Crippen LogP) is 1.30. The van der Waals surface area contributed by atoms with Crippen LogP contribution in [0.2, 0.25) is 0 Å². The van der Waals surface area contributed by atoms with Crippen LogP contribution in [0, 0.1) is 15.5 Å². The van der Waals surface area contributed by atoms with E-state index in [2.05, 4.69) is 4.84 Å². The van der Waals surface area contributed by atoms with Crippen LogP contribution in [-0.4, -0.2) is 29.9 Å². The lowest BCUT2D eigenvalue weighted by molar-refractivity contribution is -0.385. The second-order valence-electron chi connectivity index (χ2n) is 4.84. The Hall–Kier alpha value is -2.97.